The first-order valence-corrected chi connectivity index (χ1v) is 8.86. The largest absolute Gasteiger partial charge is 0.481 e. The molecule has 27 heavy (non-hydrogen) atoms. The van der Waals surface area contributed by atoms with Gasteiger partial charge in [0.05, 0.1) is 16.4 Å². The highest BCUT2D eigenvalue weighted by Crippen LogP contribution is 2.40. The van der Waals surface area contributed by atoms with E-state index in [0.29, 0.717) is 11.3 Å². The molecule has 0 saturated carbocycles. The van der Waals surface area contributed by atoms with Gasteiger partial charge in [-0.25, -0.2) is 4.79 Å². The predicted molar refractivity (Wildman–Crippen MR) is 102 cm³/mol. The van der Waals surface area contributed by atoms with Crippen LogP contribution in [0, 0.1) is 0 Å². The van der Waals surface area contributed by atoms with Gasteiger partial charge in [0.2, 0.25) is 5.91 Å². The van der Waals surface area contributed by atoms with Crippen molar-refractivity contribution in [3.8, 4) is 5.75 Å². The second-order valence-electron chi connectivity index (χ2n) is 6.97. The van der Waals surface area contributed by atoms with Crippen LogP contribution >= 0.6 is 0 Å². The number of carbonyl (C=O) groups is 2. The average Bonchev–Trinajstić information content (AvgIpc) is 3.20. The highest BCUT2D eigenvalue weighted by atomic mass is 16.5. The van der Waals surface area contributed by atoms with Crippen molar-refractivity contribution in [2.24, 2.45) is 5.73 Å². The summed E-state index contributed by atoms with van der Waals surface area (Å²) in [7, 11) is 2.09. The van der Waals surface area contributed by atoms with Gasteiger partial charge in [-0.15, -0.1) is 0 Å². The number of likely N-dealkylation sites (tertiary alicyclic amines) is 1. The number of benzene rings is 2. The molecule has 0 aliphatic carbocycles. The number of ether oxygens (including phenoxy) is 1. The number of hydrogen-bond donors (Lipinski definition) is 2. The van der Waals surface area contributed by atoms with Crippen LogP contribution in [0.3, 0.4) is 0 Å². The number of likely N-dealkylation sites (N-methyl/N-ethyl adjacent to an activating group) is 1. The minimum atomic E-state index is -1.05. The molecule has 0 spiro atoms. The molecule has 1 aromatic heterocycles. The third-order valence-electron chi connectivity index (χ3n) is 5.16. The number of carboxylic acid groups (broad SMARTS) is 1. The fourth-order valence-electron chi connectivity index (χ4n) is 4.09. The number of fused-ring (bicyclic) bond motifs is 3. The minimum absolute atomic E-state index is 0.257. The molecule has 0 bridgehead atoms. The Bertz CT molecular complexity index is 1060. The van der Waals surface area contributed by atoms with E-state index in [1.807, 2.05) is 24.3 Å². The number of rotatable bonds is 5. The first-order valence-electron chi connectivity index (χ1n) is 8.86. The molecule has 2 heterocycles. The van der Waals surface area contributed by atoms with E-state index in [4.69, 9.17) is 15.6 Å². The maximum atomic E-state index is 12.1. The zero-order valence-corrected chi connectivity index (χ0v) is 15.0. The van der Waals surface area contributed by atoms with Crippen molar-refractivity contribution in [1.82, 2.24) is 9.47 Å². The summed E-state index contributed by atoms with van der Waals surface area (Å²) < 4.78 is 7.78. The Hall–Kier alpha value is -3.06. The number of carbonyl (C=O) groups excluding carboxylic acids is 1. The molecule has 3 N–H and O–H groups in total. The molecule has 1 saturated heterocycles. The van der Waals surface area contributed by atoms with Crippen LogP contribution in [0.4, 0.5) is 0 Å². The van der Waals surface area contributed by atoms with Gasteiger partial charge in [-0.1, -0.05) is 12.1 Å². The Morgan fingerprint density at radius 1 is 1.19 bits per heavy atom. The van der Waals surface area contributed by atoms with Gasteiger partial charge in [-0.3, -0.25) is 4.79 Å². The third-order valence-corrected chi connectivity index (χ3v) is 5.16. The van der Waals surface area contributed by atoms with Crippen molar-refractivity contribution in [1.29, 1.82) is 0 Å². The molecular formula is C20H21N3O4. The molecule has 7 nitrogen and oxygen atoms in total. The SMILES string of the molecule is CN1CCC(n2c3cccc(OCC(=O)O)c3c3c(C(N)=O)cccc32)C1. The van der Waals surface area contributed by atoms with Crippen LogP contribution in [0.15, 0.2) is 36.4 Å². The monoisotopic (exact) mass is 367 g/mol. The summed E-state index contributed by atoms with van der Waals surface area (Å²) in [5.74, 6) is -1.13. The van der Waals surface area contributed by atoms with Crippen LogP contribution < -0.4 is 10.5 Å². The minimum Gasteiger partial charge on any atom is -0.481 e. The van der Waals surface area contributed by atoms with Crippen LogP contribution in [-0.2, 0) is 4.79 Å². The second-order valence-corrected chi connectivity index (χ2v) is 6.97. The van der Waals surface area contributed by atoms with E-state index in [1.165, 1.54) is 0 Å². The summed E-state index contributed by atoms with van der Waals surface area (Å²) in [5, 5.41) is 10.5. The summed E-state index contributed by atoms with van der Waals surface area (Å²) >= 11 is 0. The summed E-state index contributed by atoms with van der Waals surface area (Å²) in [4.78, 5) is 25.3. The molecule has 1 aliphatic rings. The second kappa shape index (κ2) is 6.59. The van der Waals surface area contributed by atoms with Crippen molar-refractivity contribution in [2.75, 3.05) is 26.7 Å². The van der Waals surface area contributed by atoms with E-state index in [-0.39, 0.29) is 6.04 Å². The van der Waals surface area contributed by atoms with Crippen LogP contribution in [0.5, 0.6) is 5.75 Å². The maximum Gasteiger partial charge on any atom is 0.341 e. The van der Waals surface area contributed by atoms with Crippen LogP contribution in [0.25, 0.3) is 21.8 Å². The Morgan fingerprint density at radius 3 is 2.52 bits per heavy atom. The smallest absolute Gasteiger partial charge is 0.341 e. The van der Waals surface area contributed by atoms with Gasteiger partial charge in [0.1, 0.15) is 5.75 Å². The molecule has 1 aliphatic heterocycles. The van der Waals surface area contributed by atoms with E-state index in [2.05, 4.69) is 16.5 Å². The van der Waals surface area contributed by atoms with Gasteiger partial charge < -0.3 is 25.0 Å². The molecular weight excluding hydrogens is 346 g/mol. The lowest BCUT2D eigenvalue weighted by Gasteiger charge is -2.16. The summed E-state index contributed by atoms with van der Waals surface area (Å²) in [6, 6.07) is 11.3. The summed E-state index contributed by atoms with van der Waals surface area (Å²) in [6.07, 6.45) is 0.996. The highest BCUT2D eigenvalue weighted by molar-refractivity contribution is 6.19. The zero-order chi connectivity index (χ0) is 19.1. The average molecular weight is 367 g/mol. The highest BCUT2D eigenvalue weighted by Gasteiger charge is 2.27. The zero-order valence-electron chi connectivity index (χ0n) is 15.0. The topological polar surface area (TPSA) is 97.8 Å². The number of nitrogens with zero attached hydrogens (tertiary/aromatic N) is 2. The van der Waals surface area contributed by atoms with E-state index in [0.717, 1.165) is 41.3 Å². The Kier molecular flexibility index (Phi) is 4.24. The van der Waals surface area contributed by atoms with Crippen molar-refractivity contribution >= 4 is 33.7 Å². The third kappa shape index (κ3) is 2.90. The predicted octanol–water partition coefficient (Wildman–Crippen LogP) is 2.23. The fraction of sp³-hybridized carbons (Fsp3) is 0.300. The van der Waals surface area contributed by atoms with Gasteiger partial charge >= 0.3 is 5.97 Å². The van der Waals surface area contributed by atoms with Crippen molar-refractivity contribution in [3.63, 3.8) is 0 Å². The number of hydrogen-bond acceptors (Lipinski definition) is 4. The number of carboxylic acids is 1. The molecule has 0 radical (unpaired) electrons. The lowest BCUT2D eigenvalue weighted by Crippen LogP contribution is -2.16. The van der Waals surface area contributed by atoms with Crippen LogP contribution in [0.2, 0.25) is 0 Å². The van der Waals surface area contributed by atoms with Crippen molar-refractivity contribution in [3.05, 3.63) is 42.0 Å². The van der Waals surface area contributed by atoms with E-state index >= 15 is 0 Å². The molecule has 140 valence electrons. The normalized spacial score (nSPS) is 17.6. The maximum absolute atomic E-state index is 12.1. The van der Waals surface area contributed by atoms with Gasteiger partial charge in [0, 0.05) is 23.5 Å². The van der Waals surface area contributed by atoms with Gasteiger partial charge in [-0.05, 0) is 44.3 Å². The number of amides is 1. The summed E-state index contributed by atoms with van der Waals surface area (Å²) in [6.45, 7) is 1.45. The molecule has 7 heteroatoms. The lowest BCUT2D eigenvalue weighted by molar-refractivity contribution is -0.139. The van der Waals surface area contributed by atoms with Crippen molar-refractivity contribution < 1.29 is 19.4 Å². The first kappa shape index (κ1) is 17.4. The quantitative estimate of drug-likeness (QED) is 0.721. The first-order chi connectivity index (χ1) is 13.0. The van der Waals surface area contributed by atoms with Crippen LogP contribution in [0.1, 0.15) is 22.8 Å². The van der Waals surface area contributed by atoms with Crippen molar-refractivity contribution in [2.45, 2.75) is 12.5 Å². The summed E-state index contributed by atoms with van der Waals surface area (Å²) in [5.41, 5.74) is 7.88. The van der Waals surface area contributed by atoms with E-state index < -0.39 is 18.5 Å². The number of primary amides is 1. The van der Waals surface area contributed by atoms with Gasteiger partial charge in [0.15, 0.2) is 6.61 Å². The molecule has 1 amide bonds. The number of aromatic nitrogens is 1. The number of nitrogens with two attached hydrogens (primary N) is 1. The van der Waals surface area contributed by atoms with E-state index in [9.17, 15) is 9.59 Å². The standard InChI is InChI=1S/C20H21N3O4/c1-22-9-8-12(10-22)23-14-5-2-4-13(20(21)26)18(14)19-15(23)6-3-7-16(19)27-11-17(24)25/h2-7,12H,8-11H2,1H3,(H2,21,26)(H,24,25). The van der Waals surface area contributed by atoms with E-state index in [1.54, 1.807) is 12.1 Å². The van der Waals surface area contributed by atoms with Crippen LogP contribution in [-0.4, -0.2) is 53.2 Å². The Balaban J connectivity index is 2.05. The molecule has 1 unspecified atom stereocenters. The van der Waals surface area contributed by atoms with Gasteiger partial charge in [-0.2, -0.15) is 0 Å². The Labute approximate surface area is 155 Å². The van der Waals surface area contributed by atoms with Gasteiger partial charge in [0.25, 0.3) is 0 Å². The Morgan fingerprint density at radius 2 is 1.89 bits per heavy atom. The lowest BCUT2D eigenvalue weighted by atomic mass is 10.1. The fourth-order valence-corrected chi connectivity index (χ4v) is 4.09. The number of aliphatic carboxylic acids is 1. The molecule has 2 aromatic carbocycles. The molecule has 1 atom stereocenters. The molecule has 3 aromatic rings. The molecule has 4 rings (SSSR count). The molecule has 1 fully saturated rings.